The van der Waals surface area contributed by atoms with E-state index in [4.69, 9.17) is 5.73 Å². The maximum Gasteiger partial charge on any atom is 0.0574 e. The zero-order chi connectivity index (χ0) is 10.4. The summed E-state index contributed by atoms with van der Waals surface area (Å²) >= 11 is 4.13. The van der Waals surface area contributed by atoms with Crippen molar-refractivity contribution < 1.29 is 0 Å². The number of hydrogen-bond donors (Lipinski definition) is 2. The molecule has 0 aliphatic rings. The Balaban J connectivity index is 2.42. The van der Waals surface area contributed by atoms with Crippen LogP contribution in [0.25, 0.3) is 0 Å². The van der Waals surface area contributed by atoms with E-state index in [1.165, 1.54) is 15.7 Å². The van der Waals surface area contributed by atoms with Crippen LogP contribution in [-0.4, -0.2) is 18.6 Å². The second-order valence-electron chi connectivity index (χ2n) is 3.00. The molecule has 0 heterocycles. The van der Waals surface area contributed by atoms with Crippen molar-refractivity contribution in [3.05, 3.63) is 21.8 Å². The van der Waals surface area contributed by atoms with Gasteiger partial charge in [0.05, 0.1) is 11.4 Å². The Labute approximate surface area is 103 Å². The summed E-state index contributed by atoms with van der Waals surface area (Å²) in [6, 6.07) is 6.08. The molecule has 0 atom stereocenters. The number of nitrogens with two attached hydrogens (primary N) is 1. The van der Waals surface area contributed by atoms with E-state index in [1.54, 1.807) is 0 Å². The number of halogens is 1. The van der Waals surface area contributed by atoms with Gasteiger partial charge in [-0.1, -0.05) is 0 Å². The molecule has 0 fully saturated rings. The highest BCUT2D eigenvalue weighted by atomic mass is 127. The Hall–Kier alpha value is -0.100. The maximum absolute atomic E-state index is 5.86. The molecule has 0 saturated heterocycles. The molecule has 0 unspecified atom stereocenters. The first kappa shape index (κ1) is 12.0. The number of nitrogen functional groups attached to an aromatic ring is 1. The summed E-state index contributed by atoms with van der Waals surface area (Å²) in [4.78, 5) is 0. The van der Waals surface area contributed by atoms with Gasteiger partial charge in [-0.05, 0) is 59.2 Å². The van der Waals surface area contributed by atoms with Gasteiger partial charge in [-0.25, -0.2) is 0 Å². The summed E-state index contributed by atoms with van der Waals surface area (Å²) in [7, 11) is 0. The van der Waals surface area contributed by atoms with Crippen molar-refractivity contribution in [1.29, 1.82) is 0 Å². The molecule has 1 aromatic carbocycles. The zero-order valence-corrected chi connectivity index (χ0v) is 11.2. The van der Waals surface area contributed by atoms with Gasteiger partial charge in [-0.3, -0.25) is 0 Å². The molecule has 0 spiro atoms. The largest absolute Gasteiger partial charge is 0.397 e. The number of rotatable bonds is 5. The van der Waals surface area contributed by atoms with Crippen LogP contribution in [0.15, 0.2) is 18.2 Å². The second kappa shape index (κ2) is 6.40. The molecule has 1 rings (SSSR count). The van der Waals surface area contributed by atoms with Gasteiger partial charge in [0.2, 0.25) is 0 Å². The lowest BCUT2D eigenvalue weighted by Gasteiger charge is -2.08. The van der Waals surface area contributed by atoms with E-state index in [-0.39, 0.29) is 0 Å². The smallest absolute Gasteiger partial charge is 0.0574 e. The van der Waals surface area contributed by atoms with E-state index in [0.717, 1.165) is 17.9 Å². The maximum atomic E-state index is 5.86. The molecule has 1 aromatic rings. The Morgan fingerprint density at radius 3 is 2.93 bits per heavy atom. The Bertz CT molecular complexity index is 291. The van der Waals surface area contributed by atoms with Crippen LogP contribution in [0.2, 0.25) is 0 Å². The van der Waals surface area contributed by atoms with E-state index in [2.05, 4.69) is 40.2 Å². The summed E-state index contributed by atoms with van der Waals surface area (Å²) in [5.74, 6) is 1.19. The molecular weight excluding hydrogens is 307 g/mol. The molecule has 0 aromatic heterocycles. The highest BCUT2D eigenvalue weighted by molar-refractivity contribution is 14.1. The highest BCUT2D eigenvalue weighted by Gasteiger charge is 1.97. The fourth-order valence-corrected chi connectivity index (χ4v) is 2.08. The summed E-state index contributed by atoms with van der Waals surface area (Å²) in [5, 5.41) is 3.33. The van der Waals surface area contributed by atoms with Gasteiger partial charge < -0.3 is 11.1 Å². The third kappa shape index (κ3) is 3.96. The summed E-state index contributed by atoms with van der Waals surface area (Å²) in [6.07, 6.45) is 3.30. The summed E-state index contributed by atoms with van der Waals surface area (Å²) in [6.45, 7) is 0.992. The zero-order valence-electron chi connectivity index (χ0n) is 8.22. The van der Waals surface area contributed by atoms with Crippen molar-refractivity contribution in [2.45, 2.75) is 6.42 Å². The van der Waals surface area contributed by atoms with Gasteiger partial charge in [0.25, 0.3) is 0 Å². The molecule has 0 aliphatic heterocycles. The normalized spacial score (nSPS) is 10.1. The number of thioether (sulfide) groups is 1. The Morgan fingerprint density at radius 1 is 1.50 bits per heavy atom. The minimum atomic E-state index is 0.834. The molecule has 2 nitrogen and oxygen atoms in total. The molecule has 0 radical (unpaired) electrons. The van der Waals surface area contributed by atoms with Crippen molar-refractivity contribution in [2.24, 2.45) is 0 Å². The van der Waals surface area contributed by atoms with Crippen LogP contribution in [0.1, 0.15) is 6.42 Å². The van der Waals surface area contributed by atoms with Crippen LogP contribution in [0.3, 0.4) is 0 Å². The molecule has 14 heavy (non-hydrogen) atoms. The van der Waals surface area contributed by atoms with Crippen molar-refractivity contribution in [1.82, 2.24) is 0 Å². The van der Waals surface area contributed by atoms with E-state index in [0.29, 0.717) is 0 Å². The third-order valence-electron chi connectivity index (χ3n) is 1.85. The predicted octanol–water partition coefficient (Wildman–Crippen LogP) is 3.04. The van der Waals surface area contributed by atoms with Gasteiger partial charge in [0.15, 0.2) is 0 Å². The SMILES string of the molecule is CSCCCNc1ccc(I)cc1N. The molecular formula is C10H15IN2S. The van der Waals surface area contributed by atoms with Crippen LogP contribution >= 0.6 is 34.4 Å². The summed E-state index contributed by atoms with van der Waals surface area (Å²) in [5.41, 5.74) is 7.75. The first-order valence-corrected chi connectivity index (χ1v) is 6.99. The fourth-order valence-electron chi connectivity index (χ4n) is 1.13. The Kier molecular flexibility index (Phi) is 5.47. The van der Waals surface area contributed by atoms with Gasteiger partial charge in [-0.15, -0.1) is 0 Å². The molecule has 0 amide bonds. The summed E-state index contributed by atoms with van der Waals surface area (Å²) < 4.78 is 1.18. The van der Waals surface area contributed by atoms with Crippen molar-refractivity contribution >= 4 is 45.7 Å². The van der Waals surface area contributed by atoms with Crippen molar-refractivity contribution in [2.75, 3.05) is 29.6 Å². The minimum absolute atomic E-state index is 0.834. The average Bonchev–Trinajstić information content (AvgIpc) is 2.15. The van der Waals surface area contributed by atoms with Gasteiger partial charge in [0.1, 0.15) is 0 Å². The minimum Gasteiger partial charge on any atom is -0.397 e. The molecule has 0 saturated carbocycles. The molecule has 78 valence electrons. The molecule has 0 bridgehead atoms. The van der Waals surface area contributed by atoms with E-state index in [9.17, 15) is 0 Å². The predicted molar refractivity (Wildman–Crippen MR) is 75.1 cm³/mol. The van der Waals surface area contributed by atoms with E-state index >= 15 is 0 Å². The fraction of sp³-hybridized carbons (Fsp3) is 0.400. The topological polar surface area (TPSA) is 38.0 Å². The lowest BCUT2D eigenvalue weighted by Crippen LogP contribution is -2.05. The number of hydrogen-bond acceptors (Lipinski definition) is 3. The second-order valence-corrected chi connectivity index (χ2v) is 5.24. The molecule has 0 aliphatic carbocycles. The number of benzene rings is 1. The highest BCUT2D eigenvalue weighted by Crippen LogP contribution is 2.20. The number of anilines is 2. The average molecular weight is 322 g/mol. The van der Waals surface area contributed by atoms with Crippen LogP contribution in [-0.2, 0) is 0 Å². The van der Waals surface area contributed by atoms with Crippen LogP contribution in [0.5, 0.6) is 0 Å². The lowest BCUT2D eigenvalue weighted by atomic mass is 10.2. The van der Waals surface area contributed by atoms with Gasteiger partial charge >= 0.3 is 0 Å². The standard InChI is InChI=1S/C10H15IN2S/c1-14-6-2-5-13-10-4-3-8(11)7-9(10)12/h3-4,7,13H,2,5-6,12H2,1H3. The third-order valence-corrected chi connectivity index (χ3v) is 3.22. The number of nitrogens with one attached hydrogen (secondary N) is 1. The van der Waals surface area contributed by atoms with Crippen molar-refractivity contribution in [3.63, 3.8) is 0 Å². The monoisotopic (exact) mass is 322 g/mol. The first-order valence-electron chi connectivity index (χ1n) is 4.52. The van der Waals surface area contributed by atoms with Crippen LogP contribution in [0, 0.1) is 3.57 Å². The van der Waals surface area contributed by atoms with Gasteiger partial charge in [0, 0.05) is 10.1 Å². The Morgan fingerprint density at radius 2 is 2.29 bits per heavy atom. The lowest BCUT2D eigenvalue weighted by molar-refractivity contribution is 0.994. The first-order chi connectivity index (χ1) is 6.74. The van der Waals surface area contributed by atoms with Gasteiger partial charge in [-0.2, -0.15) is 11.8 Å². The quantitative estimate of drug-likeness (QED) is 0.497. The molecule has 3 N–H and O–H groups in total. The van der Waals surface area contributed by atoms with Crippen LogP contribution in [0.4, 0.5) is 11.4 Å². The van der Waals surface area contributed by atoms with Crippen molar-refractivity contribution in [3.8, 4) is 0 Å². The molecule has 4 heteroatoms. The van der Waals surface area contributed by atoms with E-state index < -0.39 is 0 Å². The van der Waals surface area contributed by atoms with Crippen LogP contribution < -0.4 is 11.1 Å². The van der Waals surface area contributed by atoms with E-state index in [1.807, 2.05) is 23.9 Å².